The Labute approximate surface area is 470 Å². The fourth-order valence-electron chi connectivity index (χ4n) is 8.93. The summed E-state index contributed by atoms with van der Waals surface area (Å²) in [7, 11) is 1.47. The largest absolute Gasteiger partial charge is 0.472 e. The van der Waals surface area contributed by atoms with Crippen molar-refractivity contribution >= 4 is 19.7 Å². The van der Waals surface area contributed by atoms with E-state index in [-0.39, 0.29) is 31.5 Å². The van der Waals surface area contributed by atoms with Crippen LogP contribution in [0.3, 0.4) is 0 Å². The maximum Gasteiger partial charge on any atom is 0.472 e. The second-order valence-electron chi connectivity index (χ2n) is 22.6. The zero-order valence-electron chi connectivity index (χ0n) is 50.5. The number of amides is 1. The van der Waals surface area contributed by atoms with E-state index >= 15 is 0 Å². The van der Waals surface area contributed by atoms with E-state index in [1.165, 1.54) is 180 Å². The molecule has 0 aliphatic carbocycles. The molecule has 3 unspecified atom stereocenters. The van der Waals surface area contributed by atoms with E-state index in [1.54, 1.807) is 0 Å². The second kappa shape index (κ2) is 55.8. The van der Waals surface area contributed by atoms with Crippen molar-refractivity contribution in [3.63, 3.8) is 0 Å². The number of carbonyl (C=O) groups excluding carboxylic acids is 2. The lowest BCUT2D eigenvalue weighted by Gasteiger charge is -2.27. The Hall–Kier alpha value is -2.55. The molecule has 0 bridgehead atoms. The standard InChI is InChI=1S/C66H121N2O7P/c1-7-10-13-16-19-22-25-28-30-32-33-34-35-37-38-40-43-46-49-52-55-58-65(69)67-63(62-74-76(71,72)73-61-60-68(4,5)6)64(57-54-51-48-45-42-27-24-21-18-15-12-9-3)75-66(70)59-56-53-50-47-44-41-39-36-31-29-26-23-20-17-14-11-8-2/h20,23,28-31,39,41,47,50,54,57,63-64H,7-19,21-22,24-27,32-38,40,42-46,48-49,51-53,55-56,58-62H2,1-6H3,(H-,67,69,71,72)/p+1/b23-20-,30-28+,31-29-,41-39-,50-47-,57-54-. The second-order valence-corrected chi connectivity index (χ2v) is 24.0. The molecule has 0 aromatic carbocycles. The molecule has 76 heavy (non-hydrogen) atoms. The molecule has 2 N–H and O–H groups in total. The van der Waals surface area contributed by atoms with Crippen LogP contribution in [0.2, 0.25) is 0 Å². The van der Waals surface area contributed by atoms with E-state index < -0.39 is 20.0 Å². The first-order chi connectivity index (χ1) is 36.9. The van der Waals surface area contributed by atoms with Gasteiger partial charge in [0.25, 0.3) is 0 Å². The lowest BCUT2D eigenvalue weighted by Crippen LogP contribution is -2.47. The van der Waals surface area contributed by atoms with Gasteiger partial charge >= 0.3 is 13.8 Å². The minimum atomic E-state index is -4.46. The highest BCUT2D eigenvalue weighted by atomic mass is 31.2. The topological polar surface area (TPSA) is 111 Å². The number of quaternary nitrogens is 1. The van der Waals surface area contributed by atoms with Crippen LogP contribution in [0.5, 0.6) is 0 Å². The van der Waals surface area contributed by atoms with Crippen LogP contribution in [0.25, 0.3) is 0 Å². The number of hydrogen-bond donors (Lipinski definition) is 2. The van der Waals surface area contributed by atoms with Gasteiger partial charge in [-0.05, 0) is 96.0 Å². The van der Waals surface area contributed by atoms with Gasteiger partial charge in [0.15, 0.2) is 0 Å². The minimum Gasteiger partial charge on any atom is -0.456 e. The SMILES string of the molecule is CCCCC/C=C\C/C=C\C/C=C\C/C=C\CCCC(=O)OC(/C=C\CCCCCCCCCCCC)C(COP(=O)(O)OCC[N+](C)(C)C)NC(=O)CCCCCCCCCCCCC/C=C/CCCCCCCC. The first kappa shape index (κ1) is 73.5. The lowest BCUT2D eigenvalue weighted by molar-refractivity contribution is -0.870. The van der Waals surface area contributed by atoms with Crippen molar-refractivity contribution in [1.82, 2.24) is 5.32 Å². The van der Waals surface area contributed by atoms with E-state index in [2.05, 4.69) is 86.8 Å². The average Bonchev–Trinajstić information content (AvgIpc) is 3.38. The molecule has 0 radical (unpaired) electrons. The van der Waals surface area contributed by atoms with Crippen molar-refractivity contribution in [2.24, 2.45) is 0 Å². The number of allylic oxidation sites excluding steroid dienone is 11. The fourth-order valence-corrected chi connectivity index (χ4v) is 9.66. The van der Waals surface area contributed by atoms with Gasteiger partial charge in [-0.3, -0.25) is 18.6 Å². The van der Waals surface area contributed by atoms with Gasteiger partial charge in [0.2, 0.25) is 5.91 Å². The summed E-state index contributed by atoms with van der Waals surface area (Å²) in [4.78, 5) is 37.7. The van der Waals surface area contributed by atoms with Crippen LogP contribution in [0.1, 0.15) is 284 Å². The zero-order chi connectivity index (χ0) is 55.7. The molecule has 3 atom stereocenters. The summed E-state index contributed by atoms with van der Waals surface area (Å²) in [5, 5.41) is 3.05. The highest BCUT2D eigenvalue weighted by molar-refractivity contribution is 7.47. The Bertz CT molecular complexity index is 1530. The van der Waals surface area contributed by atoms with Crippen LogP contribution in [-0.4, -0.2) is 74.3 Å². The third-order valence-corrected chi connectivity index (χ3v) is 14.9. The van der Waals surface area contributed by atoms with Crippen molar-refractivity contribution in [3.05, 3.63) is 72.9 Å². The molecule has 442 valence electrons. The van der Waals surface area contributed by atoms with Crippen molar-refractivity contribution in [2.75, 3.05) is 40.9 Å². The summed E-state index contributed by atoms with van der Waals surface area (Å²) in [5.74, 6) is -0.567. The summed E-state index contributed by atoms with van der Waals surface area (Å²) >= 11 is 0. The predicted molar refractivity (Wildman–Crippen MR) is 328 cm³/mol. The monoisotopic (exact) mass is 1090 g/mol. The molecule has 0 fully saturated rings. The van der Waals surface area contributed by atoms with E-state index in [9.17, 15) is 19.0 Å². The summed E-state index contributed by atoms with van der Waals surface area (Å²) in [6.45, 7) is 6.96. The number of phosphoric acid groups is 1. The Morgan fingerprint density at radius 2 is 0.816 bits per heavy atom. The van der Waals surface area contributed by atoms with Crippen molar-refractivity contribution < 1.29 is 37.3 Å². The Balaban J connectivity index is 5.29. The molecule has 0 spiro atoms. The van der Waals surface area contributed by atoms with Gasteiger partial charge < -0.3 is 19.4 Å². The summed E-state index contributed by atoms with van der Waals surface area (Å²) < 4.78 is 30.7. The van der Waals surface area contributed by atoms with Crippen LogP contribution < -0.4 is 5.32 Å². The maximum atomic E-state index is 13.6. The minimum absolute atomic E-state index is 0.0302. The van der Waals surface area contributed by atoms with E-state index in [1.807, 2.05) is 33.3 Å². The number of hydrogen-bond acceptors (Lipinski definition) is 6. The summed E-state index contributed by atoms with van der Waals surface area (Å²) in [6, 6.07) is -0.872. The molecule has 0 aromatic rings. The van der Waals surface area contributed by atoms with Gasteiger partial charge in [-0.15, -0.1) is 0 Å². The van der Waals surface area contributed by atoms with Crippen LogP contribution >= 0.6 is 7.82 Å². The van der Waals surface area contributed by atoms with Crippen LogP contribution in [0, 0.1) is 0 Å². The van der Waals surface area contributed by atoms with Crippen LogP contribution in [-0.2, 0) is 27.9 Å². The highest BCUT2D eigenvalue weighted by Gasteiger charge is 2.30. The Kier molecular flexibility index (Phi) is 53.9. The molecular weight excluding hydrogens is 964 g/mol. The van der Waals surface area contributed by atoms with Gasteiger partial charge in [0.1, 0.15) is 19.3 Å². The number of carbonyl (C=O) groups is 2. The average molecular weight is 1090 g/mol. The quantitative estimate of drug-likeness (QED) is 0.0205. The maximum absolute atomic E-state index is 13.6. The molecule has 0 aliphatic rings. The molecule has 0 aromatic heterocycles. The molecule has 1 amide bonds. The van der Waals surface area contributed by atoms with Crippen molar-refractivity contribution in [1.29, 1.82) is 0 Å². The van der Waals surface area contributed by atoms with Crippen molar-refractivity contribution in [3.8, 4) is 0 Å². The van der Waals surface area contributed by atoms with Gasteiger partial charge in [-0.25, -0.2) is 4.57 Å². The number of phosphoric ester groups is 1. The number of nitrogens with zero attached hydrogens (tertiary/aromatic N) is 1. The zero-order valence-corrected chi connectivity index (χ0v) is 51.4. The first-order valence-electron chi connectivity index (χ1n) is 31.8. The van der Waals surface area contributed by atoms with Gasteiger partial charge in [0, 0.05) is 12.8 Å². The lowest BCUT2D eigenvalue weighted by atomic mass is 10.0. The number of rotatable bonds is 57. The first-order valence-corrected chi connectivity index (χ1v) is 33.3. The molecule has 0 aliphatic heterocycles. The summed E-state index contributed by atoms with van der Waals surface area (Å²) in [6.07, 6.45) is 71.9. The molecule has 9 nitrogen and oxygen atoms in total. The number of esters is 1. The van der Waals surface area contributed by atoms with E-state index in [0.717, 1.165) is 64.2 Å². The van der Waals surface area contributed by atoms with Gasteiger partial charge in [0.05, 0.1) is 33.8 Å². The molecule has 0 saturated carbocycles. The van der Waals surface area contributed by atoms with Gasteiger partial charge in [-0.1, -0.05) is 248 Å². The Morgan fingerprint density at radius 1 is 0.461 bits per heavy atom. The number of likely N-dealkylation sites (N-methyl/N-ethyl adjacent to an activating group) is 1. The number of unbranched alkanes of at least 4 members (excludes halogenated alkanes) is 31. The number of nitrogens with one attached hydrogen (secondary N) is 1. The van der Waals surface area contributed by atoms with Crippen LogP contribution in [0.4, 0.5) is 0 Å². The third kappa shape index (κ3) is 56.2. The molecule has 0 saturated heterocycles. The smallest absolute Gasteiger partial charge is 0.456 e. The molecule has 0 heterocycles. The van der Waals surface area contributed by atoms with E-state index in [4.69, 9.17) is 13.8 Å². The van der Waals surface area contributed by atoms with E-state index in [0.29, 0.717) is 23.9 Å². The molecule has 0 rings (SSSR count). The predicted octanol–water partition coefficient (Wildman–Crippen LogP) is 19.6. The van der Waals surface area contributed by atoms with Crippen LogP contribution in [0.15, 0.2) is 72.9 Å². The fraction of sp³-hybridized carbons (Fsp3) is 0.788. The van der Waals surface area contributed by atoms with Crippen molar-refractivity contribution in [2.45, 2.75) is 296 Å². The molecular formula is C66H122N2O7P+. The number of ether oxygens (including phenoxy) is 1. The highest BCUT2D eigenvalue weighted by Crippen LogP contribution is 2.43. The van der Waals surface area contributed by atoms with Gasteiger partial charge in [-0.2, -0.15) is 0 Å². The third-order valence-electron chi connectivity index (χ3n) is 13.9. The molecule has 10 heteroatoms. The Morgan fingerprint density at radius 3 is 1.26 bits per heavy atom. The normalized spacial score (nSPS) is 14.1. The summed E-state index contributed by atoms with van der Waals surface area (Å²) in [5.41, 5.74) is 0.